The third-order valence-corrected chi connectivity index (χ3v) is 15.5. The molecule has 0 bridgehead atoms. The minimum Gasteiger partial charge on any atom is -0.497 e. The van der Waals surface area contributed by atoms with Crippen LogP contribution in [0.5, 0.6) is 5.75 Å². The monoisotopic (exact) mass is 526 g/mol. The molecular formula is C33H54O3Si. The van der Waals surface area contributed by atoms with Gasteiger partial charge in [-0.25, -0.2) is 0 Å². The third kappa shape index (κ3) is 5.50. The van der Waals surface area contributed by atoms with Crippen LogP contribution in [-0.2, 0) is 10.8 Å². The maximum Gasteiger partial charge on any atom is 0.192 e. The van der Waals surface area contributed by atoms with E-state index in [0.717, 1.165) is 31.4 Å². The second-order valence-electron chi connectivity index (χ2n) is 14.1. The van der Waals surface area contributed by atoms with Crippen molar-refractivity contribution in [3.8, 4) is 5.75 Å². The topological polar surface area (TPSA) is 38.7 Å². The number of unbranched alkanes of at least 4 members (excludes halogenated alkanes) is 4. The van der Waals surface area contributed by atoms with Gasteiger partial charge in [0.1, 0.15) is 5.75 Å². The molecule has 0 aliphatic heterocycles. The Balaban J connectivity index is 1.64. The van der Waals surface area contributed by atoms with E-state index in [1.807, 2.05) is 0 Å². The zero-order chi connectivity index (χ0) is 26.9. The molecular weight excluding hydrogens is 472 g/mol. The van der Waals surface area contributed by atoms with Crippen molar-refractivity contribution in [2.75, 3.05) is 13.7 Å². The average Bonchev–Trinajstić information content (AvgIpc) is 3.18. The Kier molecular flexibility index (Phi) is 8.73. The third-order valence-electron chi connectivity index (χ3n) is 11.0. The molecule has 1 N–H and O–H groups in total. The SMILES string of the molecule is COc1ccc2c(c1)CCC1(C=CCCCCCCO)[C@@H]2CC[C@]2(C)[C@@H](O[Si](C)(C)C(C)(C)C)CC[C@@H]12. The Morgan fingerprint density at radius 3 is 2.51 bits per heavy atom. The first kappa shape index (κ1) is 28.9. The van der Waals surface area contributed by atoms with Crippen molar-refractivity contribution in [1.82, 2.24) is 0 Å². The number of aryl methyl sites for hydroxylation is 1. The molecule has 4 rings (SSSR count). The van der Waals surface area contributed by atoms with Crippen LogP contribution >= 0.6 is 0 Å². The molecule has 0 radical (unpaired) electrons. The summed E-state index contributed by atoms with van der Waals surface area (Å²) in [6.45, 7) is 14.9. The lowest BCUT2D eigenvalue weighted by atomic mass is 9.47. The molecule has 1 aromatic rings. The number of hydrogen-bond donors (Lipinski definition) is 1. The Hall–Kier alpha value is -1.10. The fourth-order valence-corrected chi connectivity index (χ4v) is 9.32. The molecule has 0 spiro atoms. The summed E-state index contributed by atoms with van der Waals surface area (Å²) in [7, 11) is -0.0434. The summed E-state index contributed by atoms with van der Waals surface area (Å²) in [6.07, 6.45) is 18.7. The normalized spacial score (nSPS) is 31.7. The van der Waals surface area contributed by atoms with E-state index in [9.17, 15) is 0 Å². The molecule has 0 amide bonds. The van der Waals surface area contributed by atoms with E-state index in [4.69, 9.17) is 14.3 Å². The summed E-state index contributed by atoms with van der Waals surface area (Å²) in [5.41, 5.74) is 3.57. The lowest BCUT2D eigenvalue weighted by molar-refractivity contribution is -0.0482. The van der Waals surface area contributed by atoms with Crippen molar-refractivity contribution in [3.63, 3.8) is 0 Å². The highest BCUT2D eigenvalue weighted by Gasteiger charge is 2.62. The van der Waals surface area contributed by atoms with E-state index in [2.05, 4.69) is 71.1 Å². The Labute approximate surface area is 228 Å². The fraction of sp³-hybridized carbons (Fsp3) is 0.758. The van der Waals surface area contributed by atoms with Crippen molar-refractivity contribution in [2.45, 2.75) is 128 Å². The molecule has 3 aliphatic carbocycles. The van der Waals surface area contributed by atoms with Crippen molar-refractivity contribution < 1.29 is 14.3 Å². The second-order valence-corrected chi connectivity index (χ2v) is 18.9. The summed E-state index contributed by atoms with van der Waals surface area (Å²) >= 11 is 0. The van der Waals surface area contributed by atoms with Gasteiger partial charge >= 0.3 is 0 Å². The molecule has 0 aromatic heterocycles. The highest BCUT2D eigenvalue weighted by atomic mass is 28.4. The number of aliphatic hydroxyl groups is 1. The molecule has 5 atom stereocenters. The van der Waals surface area contributed by atoms with Crippen LogP contribution < -0.4 is 4.74 Å². The van der Waals surface area contributed by atoms with Crippen molar-refractivity contribution in [1.29, 1.82) is 0 Å². The Morgan fingerprint density at radius 1 is 1.05 bits per heavy atom. The first-order chi connectivity index (χ1) is 17.5. The van der Waals surface area contributed by atoms with Gasteiger partial charge < -0.3 is 14.3 Å². The minimum atomic E-state index is -1.83. The van der Waals surface area contributed by atoms with E-state index >= 15 is 0 Å². The van der Waals surface area contributed by atoms with Gasteiger partial charge in [0.2, 0.25) is 0 Å². The quantitative estimate of drug-likeness (QED) is 0.188. The molecule has 3 aliphatic rings. The van der Waals surface area contributed by atoms with Crippen molar-refractivity contribution in [3.05, 3.63) is 41.5 Å². The van der Waals surface area contributed by atoms with Crippen LogP contribution in [0.4, 0.5) is 0 Å². The standard InChI is InChI=1S/C33H54O3Si/c1-31(2,3)37(6,7)36-30-17-16-29-32(30,4)21-19-28-27-15-14-26(35-5)24-25(27)18-22-33(28,29)20-12-10-8-9-11-13-23-34/h12,14-15,20,24,28-30,34H,8-11,13,16-19,21-23H2,1-7H3/t28-,29-,30+,32+,33?/m1/s1. The van der Waals surface area contributed by atoms with E-state index in [-0.39, 0.29) is 15.9 Å². The van der Waals surface area contributed by atoms with E-state index in [1.165, 1.54) is 50.5 Å². The minimum absolute atomic E-state index is 0.227. The lowest BCUT2D eigenvalue weighted by Crippen LogP contribution is -2.53. The summed E-state index contributed by atoms with van der Waals surface area (Å²) in [4.78, 5) is 0. The number of fused-ring (bicyclic) bond motifs is 5. The number of rotatable bonds is 10. The first-order valence-electron chi connectivity index (χ1n) is 15.1. The summed E-state index contributed by atoms with van der Waals surface area (Å²) in [5, 5.41) is 9.34. The largest absolute Gasteiger partial charge is 0.497 e. The predicted octanol–water partition coefficient (Wildman–Crippen LogP) is 8.81. The Morgan fingerprint density at radius 2 is 1.81 bits per heavy atom. The van der Waals surface area contributed by atoms with Crippen LogP contribution in [0, 0.1) is 16.7 Å². The lowest BCUT2D eigenvalue weighted by Gasteiger charge is -2.58. The Bertz CT molecular complexity index is 947. The van der Waals surface area contributed by atoms with E-state index < -0.39 is 8.32 Å². The molecule has 2 saturated carbocycles. The van der Waals surface area contributed by atoms with Gasteiger partial charge in [0.05, 0.1) is 13.2 Å². The summed E-state index contributed by atoms with van der Waals surface area (Å²) in [5.74, 6) is 2.26. The maximum atomic E-state index is 9.10. The molecule has 208 valence electrons. The number of ether oxygens (including phenoxy) is 1. The molecule has 37 heavy (non-hydrogen) atoms. The van der Waals surface area contributed by atoms with Gasteiger partial charge in [0, 0.05) is 6.61 Å². The zero-order valence-corrected chi connectivity index (χ0v) is 25.9. The van der Waals surface area contributed by atoms with Crippen LogP contribution in [0.3, 0.4) is 0 Å². The second kappa shape index (κ2) is 11.2. The molecule has 4 heteroatoms. The van der Waals surface area contributed by atoms with E-state index in [0.29, 0.717) is 24.5 Å². The molecule has 1 aromatic carbocycles. The van der Waals surface area contributed by atoms with Gasteiger partial charge in [0.25, 0.3) is 0 Å². The maximum absolute atomic E-state index is 9.10. The van der Waals surface area contributed by atoms with Gasteiger partial charge in [-0.3, -0.25) is 0 Å². The van der Waals surface area contributed by atoms with Crippen molar-refractivity contribution >= 4 is 8.32 Å². The molecule has 3 nitrogen and oxygen atoms in total. The van der Waals surface area contributed by atoms with Crippen molar-refractivity contribution in [2.24, 2.45) is 16.7 Å². The van der Waals surface area contributed by atoms with Crippen LogP contribution in [0.15, 0.2) is 30.4 Å². The molecule has 0 saturated heterocycles. The van der Waals surface area contributed by atoms with Gasteiger partial charge in [-0.15, -0.1) is 0 Å². The molecule has 2 fully saturated rings. The highest BCUT2D eigenvalue weighted by Crippen LogP contribution is 2.68. The number of methoxy groups -OCH3 is 1. The van der Waals surface area contributed by atoms with Gasteiger partial charge in [-0.1, -0.05) is 58.8 Å². The average molecular weight is 527 g/mol. The zero-order valence-electron chi connectivity index (χ0n) is 24.9. The molecule has 1 unspecified atom stereocenters. The smallest absolute Gasteiger partial charge is 0.192 e. The van der Waals surface area contributed by atoms with Crippen LogP contribution in [0.1, 0.15) is 109 Å². The van der Waals surface area contributed by atoms with Crippen LogP contribution in [-0.4, -0.2) is 33.2 Å². The number of benzene rings is 1. The number of hydrogen-bond acceptors (Lipinski definition) is 3. The van der Waals surface area contributed by atoms with E-state index in [1.54, 1.807) is 12.7 Å². The fourth-order valence-electron chi connectivity index (χ4n) is 7.87. The first-order valence-corrected chi connectivity index (χ1v) is 18.0. The van der Waals surface area contributed by atoms with Crippen LogP contribution in [0.2, 0.25) is 18.1 Å². The predicted molar refractivity (Wildman–Crippen MR) is 158 cm³/mol. The highest BCUT2D eigenvalue weighted by molar-refractivity contribution is 6.74. The van der Waals surface area contributed by atoms with Gasteiger partial charge in [0.15, 0.2) is 8.32 Å². The summed E-state index contributed by atoms with van der Waals surface area (Å²) < 4.78 is 12.8. The van der Waals surface area contributed by atoms with Crippen LogP contribution in [0.25, 0.3) is 0 Å². The molecule has 0 heterocycles. The number of allylic oxidation sites excluding steroid dienone is 2. The van der Waals surface area contributed by atoms with Gasteiger partial charge in [-0.05, 0) is 122 Å². The number of aliphatic hydroxyl groups excluding tert-OH is 1. The summed E-state index contributed by atoms with van der Waals surface area (Å²) in [6, 6.07) is 6.87. The van der Waals surface area contributed by atoms with Gasteiger partial charge in [-0.2, -0.15) is 0 Å².